The second-order valence-corrected chi connectivity index (χ2v) is 4.18. The molecule has 7 nitrogen and oxygen atoms in total. The van der Waals surface area contributed by atoms with Crippen molar-refractivity contribution in [3.63, 3.8) is 0 Å². The van der Waals surface area contributed by atoms with E-state index in [1.165, 1.54) is 0 Å². The Balaban J connectivity index is 1.63. The van der Waals surface area contributed by atoms with Crippen molar-refractivity contribution in [1.29, 1.82) is 0 Å². The zero-order valence-electron chi connectivity index (χ0n) is 10.6. The normalized spacial score (nSPS) is 10.7. The second kappa shape index (κ2) is 5.54. The van der Waals surface area contributed by atoms with Crippen LogP contribution in [0.4, 0.5) is 5.69 Å². The van der Waals surface area contributed by atoms with E-state index >= 15 is 0 Å². The fraction of sp³-hybridized carbons (Fsp3) is 0.154. The molecule has 0 atom stereocenters. The highest BCUT2D eigenvalue weighted by atomic mass is 16.4. The molecule has 0 radical (unpaired) electrons. The number of hydrogen-bond acceptors (Lipinski definition) is 6. The number of aliphatic hydroxyl groups is 1. The predicted octanol–water partition coefficient (Wildman–Crippen LogP) is 1.36. The molecule has 0 bridgehead atoms. The number of benzene rings is 1. The van der Waals surface area contributed by atoms with E-state index < -0.39 is 0 Å². The van der Waals surface area contributed by atoms with Crippen LogP contribution in [0.2, 0.25) is 0 Å². The number of anilines is 1. The summed E-state index contributed by atoms with van der Waals surface area (Å²) in [4.78, 5) is 0. The van der Waals surface area contributed by atoms with Crippen molar-refractivity contribution in [2.45, 2.75) is 13.2 Å². The van der Waals surface area contributed by atoms with Crippen LogP contribution in [-0.4, -0.2) is 25.3 Å². The number of tetrazole rings is 1. The van der Waals surface area contributed by atoms with Gasteiger partial charge in [-0.25, -0.2) is 4.68 Å². The molecular formula is C13H13N5O2. The Morgan fingerprint density at radius 2 is 1.90 bits per heavy atom. The molecule has 102 valence electrons. The first-order valence-electron chi connectivity index (χ1n) is 6.11. The molecule has 0 saturated carbocycles. The van der Waals surface area contributed by atoms with Crippen LogP contribution in [0, 0.1) is 0 Å². The van der Waals surface area contributed by atoms with E-state index in [1.54, 1.807) is 17.1 Å². The summed E-state index contributed by atoms with van der Waals surface area (Å²) in [7, 11) is 0. The van der Waals surface area contributed by atoms with E-state index in [-0.39, 0.29) is 6.61 Å². The molecule has 3 rings (SSSR count). The van der Waals surface area contributed by atoms with Crippen molar-refractivity contribution in [3.8, 4) is 5.69 Å². The molecule has 0 spiro atoms. The third-order valence-electron chi connectivity index (χ3n) is 2.82. The molecule has 0 saturated heterocycles. The maximum Gasteiger partial charge on any atom is 0.143 e. The molecule has 0 unspecified atom stereocenters. The first kappa shape index (κ1) is 12.4. The topological polar surface area (TPSA) is 89.0 Å². The number of hydrogen-bond donors (Lipinski definition) is 2. The summed E-state index contributed by atoms with van der Waals surface area (Å²) in [5.41, 5.74) is 1.85. The largest absolute Gasteiger partial charge is 0.462 e. The van der Waals surface area contributed by atoms with E-state index in [0.717, 1.165) is 17.1 Å². The first-order chi connectivity index (χ1) is 9.85. The summed E-state index contributed by atoms with van der Waals surface area (Å²) in [6.07, 6.45) is 1.54. The smallest absolute Gasteiger partial charge is 0.143 e. The van der Waals surface area contributed by atoms with Gasteiger partial charge in [0.25, 0.3) is 0 Å². The molecule has 1 aromatic carbocycles. The van der Waals surface area contributed by atoms with E-state index in [1.807, 2.05) is 30.3 Å². The fourth-order valence-electron chi connectivity index (χ4n) is 1.80. The van der Waals surface area contributed by atoms with Gasteiger partial charge in [0.05, 0.1) is 12.2 Å². The molecule has 2 heterocycles. The molecule has 0 aliphatic carbocycles. The Kier molecular flexibility index (Phi) is 3.42. The van der Waals surface area contributed by atoms with Gasteiger partial charge in [-0.2, -0.15) is 0 Å². The number of nitrogens with one attached hydrogen (secondary N) is 1. The highest BCUT2D eigenvalue weighted by molar-refractivity contribution is 5.48. The quantitative estimate of drug-likeness (QED) is 0.728. The maximum atomic E-state index is 8.92. The van der Waals surface area contributed by atoms with E-state index in [9.17, 15) is 0 Å². The van der Waals surface area contributed by atoms with E-state index in [4.69, 9.17) is 9.52 Å². The monoisotopic (exact) mass is 271 g/mol. The van der Waals surface area contributed by atoms with Gasteiger partial charge in [0, 0.05) is 5.69 Å². The molecular weight excluding hydrogens is 258 g/mol. The number of furan rings is 1. The third-order valence-corrected chi connectivity index (χ3v) is 2.82. The van der Waals surface area contributed by atoms with Crippen LogP contribution in [0.15, 0.2) is 47.1 Å². The van der Waals surface area contributed by atoms with Gasteiger partial charge in [0.15, 0.2) is 0 Å². The minimum Gasteiger partial charge on any atom is -0.462 e. The second-order valence-electron chi connectivity index (χ2n) is 4.18. The Hall–Kier alpha value is -2.67. The van der Waals surface area contributed by atoms with Gasteiger partial charge in [-0.15, -0.1) is 5.10 Å². The Morgan fingerprint density at radius 3 is 2.55 bits per heavy atom. The lowest BCUT2D eigenvalue weighted by Crippen LogP contribution is -1.99. The average molecular weight is 271 g/mol. The molecule has 0 amide bonds. The van der Waals surface area contributed by atoms with Gasteiger partial charge in [-0.3, -0.25) is 0 Å². The van der Waals surface area contributed by atoms with Gasteiger partial charge in [-0.1, -0.05) is 0 Å². The predicted molar refractivity (Wildman–Crippen MR) is 71.1 cm³/mol. The van der Waals surface area contributed by atoms with Crippen LogP contribution in [0.25, 0.3) is 5.69 Å². The van der Waals surface area contributed by atoms with Crippen LogP contribution in [0.3, 0.4) is 0 Å². The molecule has 7 heteroatoms. The lowest BCUT2D eigenvalue weighted by atomic mass is 10.3. The average Bonchev–Trinajstić information content (AvgIpc) is 3.17. The molecule has 3 aromatic rings. The molecule has 0 fully saturated rings. The lowest BCUT2D eigenvalue weighted by Gasteiger charge is -2.05. The van der Waals surface area contributed by atoms with Crippen LogP contribution in [-0.2, 0) is 13.2 Å². The summed E-state index contributed by atoms with van der Waals surface area (Å²) in [6, 6.07) is 11.3. The first-order valence-corrected chi connectivity index (χ1v) is 6.11. The Labute approximate surface area is 114 Å². The van der Waals surface area contributed by atoms with Crippen molar-refractivity contribution >= 4 is 5.69 Å². The van der Waals surface area contributed by atoms with Gasteiger partial charge < -0.3 is 14.8 Å². The Morgan fingerprint density at radius 1 is 1.10 bits per heavy atom. The van der Waals surface area contributed by atoms with Crippen molar-refractivity contribution < 1.29 is 9.52 Å². The minimum absolute atomic E-state index is 0.0827. The molecule has 20 heavy (non-hydrogen) atoms. The zero-order chi connectivity index (χ0) is 13.8. The van der Waals surface area contributed by atoms with Gasteiger partial charge in [-0.05, 0) is 46.8 Å². The summed E-state index contributed by atoms with van der Waals surface area (Å²) in [5, 5.41) is 23.2. The SMILES string of the molecule is OCc1ccc(CNc2ccc(-n3cnnn3)cc2)o1. The van der Waals surface area contributed by atoms with Crippen molar-refractivity contribution in [2.24, 2.45) is 0 Å². The zero-order valence-corrected chi connectivity index (χ0v) is 10.6. The molecule has 0 aliphatic rings. The molecule has 2 N–H and O–H groups in total. The highest BCUT2D eigenvalue weighted by Crippen LogP contribution is 2.14. The van der Waals surface area contributed by atoms with Gasteiger partial charge in [0.2, 0.25) is 0 Å². The van der Waals surface area contributed by atoms with Crippen molar-refractivity contribution in [2.75, 3.05) is 5.32 Å². The minimum atomic E-state index is -0.0827. The van der Waals surface area contributed by atoms with Crippen LogP contribution < -0.4 is 5.32 Å². The number of rotatable bonds is 5. The maximum absolute atomic E-state index is 8.92. The number of nitrogens with zero attached hydrogens (tertiary/aromatic N) is 4. The van der Waals surface area contributed by atoms with Crippen molar-refractivity contribution in [3.05, 3.63) is 54.2 Å². The number of aliphatic hydroxyl groups excluding tert-OH is 1. The Bertz CT molecular complexity index is 660. The van der Waals surface area contributed by atoms with Gasteiger partial charge in [0.1, 0.15) is 24.5 Å². The van der Waals surface area contributed by atoms with Crippen LogP contribution in [0.5, 0.6) is 0 Å². The summed E-state index contributed by atoms with van der Waals surface area (Å²) >= 11 is 0. The standard InChI is InChI=1S/C13H13N5O2/c19-8-13-6-5-12(20-13)7-14-10-1-3-11(4-2-10)18-9-15-16-17-18/h1-6,9,14,19H,7-8H2. The van der Waals surface area contributed by atoms with Gasteiger partial charge >= 0.3 is 0 Å². The van der Waals surface area contributed by atoms with Crippen molar-refractivity contribution in [1.82, 2.24) is 20.2 Å². The lowest BCUT2D eigenvalue weighted by molar-refractivity contribution is 0.244. The van der Waals surface area contributed by atoms with E-state index in [2.05, 4.69) is 20.8 Å². The fourth-order valence-corrected chi connectivity index (χ4v) is 1.80. The van der Waals surface area contributed by atoms with Crippen LogP contribution in [0.1, 0.15) is 11.5 Å². The summed E-state index contributed by atoms with van der Waals surface area (Å²) in [6.45, 7) is 0.477. The molecule has 2 aromatic heterocycles. The number of aromatic nitrogens is 4. The molecule has 0 aliphatic heterocycles. The third kappa shape index (κ3) is 2.67. The summed E-state index contributed by atoms with van der Waals surface area (Å²) in [5.74, 6) is 1.34. The summed E-state index contributed by atoms with van der Waals surface area (Å²) < 4.78 is 6.98. The van der Waals surface area contributed by atoms with Crippen LogP contribution >= 0.6 is 0 Å². The van der Waals surface area contributed by atoms with E-state index in [0.29, 0.717) is 12.3 Å². The highest BCUT2D eigenvalue weighted by Gasteiger charge is 2.02.